The van der Waals surface area contributed by atoms with E-state index in [2.05, 4.69) is 4.98 Å². The fourth-order valence-electron chi connectivity index (χ4n) is 1.50. The predicted molar refractivity (Wildman–Crippen MR) is 63.5 cm³/mol. The molecule has 94 valence electrons. The van der Waals surface area contributed by atoms with Crippen molar-refractivity contribution in [3.05, 3.63) is 23.9 Å². The topological polar surface area (TPSA) is 74.4 Å². The average Bonchev–Trinajstić information content (AvgIpc) is 2.36. The monoisotopic (exact) mass is 238 g/mol. The maximum Gasteiger partial charge on any atom is 0.313 e. The number of nitrogens with two attached hydrogens (primary N) is 1. The third-order valence-electron chi connectivity index (χ3n) is 2.82. The summed E-state index contributed by atoms with van der Waals surface area (Å²) in [6.45, 7) is 3.49. The second-order valence-electron chi connectivity index (χ2n) is 4.32. The lowest BCUT2D eigenvalue weighted by Gasteiger charge is -2.28. The van der Waals surface area contributed by atoms with E-state index in [0.29, 0.717) is 5.88 Å². The van der Waals surface area contributed by atoms with Crippen molar-refractivity contribution in [1.82, 2.24) is 4.98 Å². The summed E-state index contributed by atoms with van der Waals surface area (Å²) in [5, 5.41) is 0. The van der Waals surface area contributed by atoms with Crippen LogP contribution in [0.25, 0.3) is 0 Å². The quantitative estimate of drug-likeness (QED) is 0.800. The van der Waals surface area contributed by atoms with Gasteiger partial charge in [-0.1, -0.05) is 6.07 Å². The molecule has 1 aromatic rings. The first-order valence-electron chi connectivity index (χ1n) is 5.27. The minimum Gasteiger partial charge on any atom is -0.481 e. The van der Waals surface area contributed by atoms with Crippen LogP contribution in [0.4, 0.5) is 0 Å². The smallest absolute Gasteiger partial charge is 0.313 e. The fraction of sp³-hybridized carbons (Fsp3) is 0.500. The van der Waals surface area contributed by atoms with Gasteiger partial charge in [0.05, 0.1) is 19.6 Å². The van der Waals surface area contributed by atoms with Gasteiger partial charge in [0.1, 0.15) is 0 Å². The van der Waals surface area contributed by atoms with E-state index in [1.807, 2.05) is 0 Å². The molecule has 0 bridgehead atoms. The molecular weight excluding hydrogens is 220 g/mol. The van der Waals surface area contributed by atoms with Crippen molar-refractivity contribution in [1.29, 1.82) is 0 Å². The molecule has 1 heterocycles. The van der Waals surface area contributed by atoms with Crippen molar-refractivity contribution in [3.63, 3.8) is 0 Å². The summed E-state index contributed by atoms with van der Waals surface area (Å²) in [7, 11) is 2.89. The molecule has 5 nitrogen and oxygen atoms in total. The molecule has 0 saturated heterocycles. The second kappa shape index (κ2) is 5.14. The largest absolute Gasteiger partial charge is 0.481 e. The van der Waals surface area contributed by atoms with Crippen LogP contribution in [0.2, 0.25) is 0 Å². The molecule has 0 fully saturated rings. The standard InChI is InChI=1S/C12H18N2O3/c1-12(2,11(15)17-4)10(13)8-5-6-9(16-3)14-7-8/h5-7,10H,13H2,1-4H3/t10-/m0/s1. The number of methoxy groups -OCH3 is 2. The molecule has 1 rings (SSSR count). The maximum atomic E-state index is 11.6. The molecular formula is C12H18N2O3. The number of carbonyl (C=O) groups is 1. The van der Waals surface area contributed by atoms with Crippen LogP contribution in [0.15, 0.2) is 18.3 Å². The number of rotatable bonds is 4. The van der Waals surface area contributed by atoms with Crippen LogP contribution < -0.4 is 10.5 Å². The van der Waals surface area contributed by atoms with E-state index < -0.39 is 11.5 Å². The Morgan fingerprint density at radius 1 is 1.41 bits per heavy atom. The molecule has 0 unspecified atom stereocenters. The van der Waals surface area contributed by atoms with Crippen molar-refractivity contribution in [2.45, 2.75) is 19.9 Å². The van der Waals surface area contributed by atoms with Crippen molar-refractivity contribution in [2.75, 3.05) is 14.2 Å². The Morgan fingerprint density at radius 2 is 2.06 bits per heavy atom. The highest BCUT2D eigenvalue weighted by molar-refractivity contribution is 5.77. The van der Waals surface area contributed by atoms with Gasteiger partial charge in [0.15, 0.2) is 0 Å². The molecule has 0 aliphatic heterocycles. The van der Waals surface area contributed by atoms with Gasteiger partial charge < -0.3 is 15.2 Å². The first-order valence-corrected chi connectivity index (χ1v) is 5.27. The maximum absolute atomic E-state index is 11.6. The molecule has 0 aliphatic rings. The van der Waals surface area contributed by atoms with Crippen molar-refractivity contribution < 1.29 is 14.3 Å². The van der Waals surface area contributed by atoms with E-state index in [4.69, 9.17) is 15.2 Å². The van der Waals surface area contributed by atoms with Crippen LogP contribution >= 0.6 is 0 Å². The summed E-state index contributed by atoms with van der Waals surface area (Å²) in [5.41, 5.74) is 6.02. The van der Waals surface area contributed by atoms with E-state index in [9.17, 15) is 4.79 Å². The molecule has 1 aromatic heterocycles. The SMILES string of the molecule is COC(=O)C(C)(C)[C@@H](N)c1ccc(OC)nc1. The Hall–Kier alpha value is -1.62. The summed E-state index contributed by atoms with van der Waals surface area (Å²) < 4.78 is 9.70. The Morgan fingerprint density at radius 3 is 2.47 bits per heavy atom. The van der Waals surface area contributed by atoms with E-state index >= 15 is 0 Å². The average molecular weight is 238 g/mol. The van der Waals surface area contributed by atoms with Gasteiger partial charge in [0, 0.05) is 18.3 Å². The number of aromatic nitrogens is 1. The van der Waals surface area contributed by atoms with Gasteiger partial charge >= 0.3 is 5.97 Å². The second-order valence-corrected chi connectivity index (χ2v) is 4.32. The first-order chi connectivity index (χ1) is 7.93. The van der Waals surface area contributed by atoms with Gasteiger partial charge in [-0.3, -0.25) is 4.79 Å². The molecule has 0 radical (unpaired) electrons. The van der Waals surface area contributed by atoms with E-state index in [0.717, 1.165) is 5.56 Å². The highest BCUT2D eigenvalue weighted by Gasteiger charge is 2.36. The third kappa shape index (κ3) is 2.74. The van der Waals surface area contributed by atoms with E-state index in [1.165, 1.54) is 7.11 Å². The Labute approximate surface area is 101 Å². The number of pyridine rings is 1. The minimum atomic E-state index is -0.801. The molecule has 5 heteroatoms. The Bertz CT molecular complexity index is 387. The van der Waals surface area contributed by atoms with Gasteiger partial charge in [-0.25, -0.2) is 4.98 Å². The molecule has 0 aromatic carbocycles. The normalized spacial score (nSPS) is 13.0. The third-order valence-corrected chi connectivity index (χ3v) is 2.82. The van der Waals surface area contributed by atoms with Crippen LogP contribution in [0, 0.1) is 5.41 Å². The fourth-order valence-corrected chi connectivity index (χ4v) is 1.50. The molecule has 1 atom stereocenters. The lowest BCUT2D eigenvalue weighted by molar-refractivity contribution is -0.152. The molecule has 17 heavy (non-hydrogen) atoms. The van der Waals surface area contributed by atoms with Crippen LogP contribution in [0.5, 0.6) is 5.88 Å². The summed E-state index contributed by atoms with van der Waals surface area (Å²) in [6, 6.07) is 3.03. The number of hydrogen-bond donors (Lipinski definition) is 1. The van der Waals surface area contributed by atoms with Crippen LogP contribution in [0.1, 0.15) is 25.5 Å². The van der Waals surface area contributed by atoms with E-state index in [1.54, 1.807) is 39.3 Å². The number of nitrogens with zero attached hydrogens (tertiary/aromatic N) is 1. The highest BCUT2D eigenvalue weighted by Crippen LogP contribution is 2.32. The predicted octanol–water partition coefficient (Wildman–Crippen LogP) is 1.29. The molecule has 0 amide bonds. The van der Waals surface area contributed by atoms with Crippen LogP contribution in [0.3, 0.4) is 0 Å². The Kier molecular flexibility index (Phi) is 4.07. The molecule has 0 aliphatic carbocycles. The summed E-state index contributed by atoms with van der Waals surface area (Å²) in [5.74, 6) is 0.164. The summed E-state index contributed by atoms with van der Waals surface area (Å²) in [4.78, 5) is 15.7. The van der Waals surface area contributed by atoms with Crippen molar-refractivity contribution in [2.24, 2.45) is 11.1 Å². The van der Waals surface area contributed by atoms with Gasteiger partial charge in [0.2, 0.25) is 5.88 Å². The lowest BCUT2D eigenvalue weighted by atomic mass is 9.81. The van der Waals surface area contributed by atoms with Crippen LogP contribution in [-0.2, 0) is 9.53 Å². The first kappa shape index (κ1) is 13.4. The summed E-state index contributed by atoms with van der Waals surface area (Å²) in [6.07, 6.45) is 1.61. The number of hydrogen-bond acceptors (Lipinski definition) is 5. The minimum absolute atomic E-state index is 0.346. The molecule has 0 saturated carbocycles. The zero-order chi connectivity index (χ0) is 13.1. The van der Waals surface area contributed by atoms with Gasteiger partial charge in [-0.05, 0) is 19.4 Å². The zero-order valence-corrected chi connectivity index (χ0v) is 10.6. The summed E-state index contributed by atoms with van der Waals surface area (Å²) >= 11 is 0. The molecule has 2 N–H and O–H groups in total. The highest BCUT2D eigenvalue weighted by atomic mass is 16.5. The van der Waals surface area contributed by atoms with Crippen molar-refractivity contribution in [3.8, 4) is 5.88 Å². The van der Waals surface area contributed by atoms with Gasteiger partial charge in [-0.2, -0.15) is 0 Å². The Balaban J connectivity index is 2.95. The number of ether oxygens (including phenoxy) is 2. The number of carbonyl (C=O) groups excluding carboxylic acids is 1. The van der Waals surface area contributed by atoms with Crippen LogP contribution in [-0.4, -0.2) is 25.2 Å². The molecule has 0 spiro atoms. The van der Waals surface area contributed by atoms with E-state index in [-0.39, 0.29) is 5.97 Å². The number of esters is 1. The van der Waals surface area contributed by atoms with Gasteiger partial charge in [-0.15, -0.1) is 0 Å². The zero-order valence-electron chi connectivity index (χ0n) is 10.6. The van der Waals surface area contributed by atoms with Crippen molar-refractivity contribution >= 4 is 5.97 Å². The lowest BCUT2D eigenvalue weighted by Crippen LogP contribution is -2.37. The van der Waals surface area contributed by atoms with Gasteiger partial charge in [0.25, 0.3) is 0 Å².